The van der Waals surface area contributed by atoms with E-state index in [-0.39, 0.29) is 13.1 Å². The summed E-state index contributed by atoms with van der Waals surface area (Å²) in [6.07, 6.45) is 2.93. The summed E-state index contributed by atoms with van der Waals surface area (Å²) < 4.78 is 15.4. The Morgan fingerprint density at radius 1 is 1.50 bits per heavy atom. The van der Waals surface area contributed by atoms with E-state index in [2.05, 4.69) is 15.2 Å². The van der Waals surface area contributed by atoms with Crippen molar-refractivity contribution in [3.8, 4) is 0 Å². The van der Waals surface area contributed by atoms with Crippen LogP contribution < -0.4 is 0 Å². The minimum atomic E-state index is -1.17. The second-order valence-electron chi connectivity index (χ2n) is 4.45. The zero-order valence-corrected chi connectivity index (χ0v) is 10.4. The SMILES string of the molecule is Cc1cc([C@@](C)(O)Cn2cncn2)nn1CCF. The highest BCUT2D eigenvalue weighted by Crippen LogP contribution is 2.21. The van der Waals surface area contributed by atoms with Crippen molar-refractivity contribution in [3.63, 3.8) is 0 Å². The predicted octanol–water partition coefficient (Wildman–Crippen LogP) is 0.660. The van der Waals surface area contributed by atoms with E-state index in [4.69, 9.17) is 0 Å². The summed E-state index contributed by atoms with van der Waals surface area (Å²) in [5.41, 5.74) is 0.158. The fourth-order valence-corrected chi connectivity index (χ4v) is 1.79. The molecule has 0 aliphatic carbocycles. The molecule has 1 atom stereocenters. The fraction of sp³-hybridized carbons (Fsp3) is 0.545. The Bertz CT molecular complexity index is 505. The molecule has 7 heteroatoms. The number of aryl methyl sites for hydroxylation is 2. The molecule has 2 heterocycles. The predicted molar refractivity (Wildman–Crippen MR) is 62.5 cm³/mol. The number of nitrogens with zero attached hydrogens (tertiary/aromatic N) is 5. The first kappa shape index (κ1) is 12.7. The van der Waals surface area contributed by atoms with Crippen LogP contribution in [0.15, 0.2) is 18.7 Å². The molecule has 0 aliphatic rings. The van der Waals surface area contributed by atoms with Crippen molar-refractivity contribution in [1.82, 2.24) is 24.5 Å². The summed E-state index contributed by atoms with van der Waals surface area (Å²) in [6.45, 7) is 3.45. The number of aliphatic hydroxyl groups is 1. The summed E-state index contributed by atoms with van der Waals surface area (Å²) >= 11 is 0. The Morgan fingerprint density at radius 2 is 2.28 bits per heavy atom. The molecule has 0 fully saturated rings. The van der Waals surface area contributed by atoms with E-state index in [1.54, 1.807) is 17.7 Å². The third kappa shape index (κ3) is 2.56. The standard InChI is InChI=1S/C11H16FN5O/c1-9-5-10(15-17(9)4-3-12)11(2,18)6-16-8-13-7-14-16/h5,7-8,18H,3-4,6H2,1-2H3/t11-/m0/s1. The zero-order valence-electron chi connectivity index (χ0n) is 10.4. The van der Waals surface area contributed by atoms with Crippen molar-refractivity contribution in [2.75, 3.05) is 6.67 Å². The van der Waals surface area contributed by atoms with Crippen molar-refractivity contribution in [2.45, 2.75) is 32.5 Å². The van der Waals surface area contributed by atoms with Gasteiger partial charge in [-0.25, -0.2) is 14.1 Å². The van der Waals surface area contributed by atoms with Crippen LogP contribution in [0.2, 0.25) is 0 Å². The van der Waals surface area contributed by atoms with Crippen LogP contribution >= 0.6 is 0 Å². The summed E-state index contributed by atoms with van der Waals surface area (Å²) in [6, 6.07) is 1.76. The molecule has 6 nitrogen and oxygen atoms in total. The van der Waals surface area contributed by atoms with Gasteiger partial charge in [0.2, 0.25) is 0 Å². The summed E-state index contributed by atoms with van der Waals surface area (Å²) in [5.74, 6) is 0. The van der Waals surface area contributed by atoms with E-state index < -0.39 is 12.3 Å². The van der Waals surface area contributed by atoms with E-state index >= 15 is 0 Å². The molecule has 1 N–H and O–H groups in total. The average Bonchev–Trinajstić information content (AvgIpc) is 2.90. The van der Waals surface area contributed by atoms with Gasteiger partial charge in [0.25, 0.3) is 0 Å². The van der Waals surface area contributed by atoms with Gasteiger partial charge in [-0.2, -0.15) is 10.2 Å². The maximum Gasteiger partial charge on any atom is 0.137 e. The van der Waals surface area contributed by atoms with E-state index in [1.807, 2.05) is 6.92 Å². The quantitative estimate of drug-likeness (QED) is 0.850. The highest BCUT2D eigenvalue weighted by Gasteiger charge is 2.28. The van der Waals surface area contributed by atoms with Crippen LogP contribution in [0.5, 0.6) is 0 Å². The second-order valence-corrected chi connectivity index (χ2v) is 4.45. The fourth-order valence-electron chi connectivity index (χ4n) is 1.79. The third-order valence-electron chi connectivity index (χ3n) is 2.77. The van der Waals surface area contributed by atoms with Crippen molar-refractivity contribution < 1.29 is 9.50 Å². The Hall–Kier alpha value is -1.76. The molecular weight excluding hydrogens is 237 g/mol. The van der Waals surface area contributed by atoms with Crippen LogP contribution in [0.25, 0.3) is 0 Å². The molecule has 0 saturated carbocycles. The van der Waals surface area contributed by atoms with Gasteiger partial charge in [-0.15, -0.1) is 0 Å². The summed E-state index contributed by atoms with van der Waals surface area (Å²) in [7, 11) is 0. The molecule has 98 valence electrons. The summed E-state index contributed by atoms with van der Waals surface area (Å²) in [5, 5.41) is 18.6. The van der Waals surface area contributed by atoms with Gasteiger partial charge in [0.15, 0.2) is 0 Å². The monoisotopic (exact) mass is 253 g/mol. The molecule has 18 heavy (non-hydrogen) atoms. The first-order chi connectivity index (χ1) is 8.53. The number of rotatable bonds is 5. The normalized spacial score (nSPS) is 14.7. The number of hydrogen-bond donors (Lipinski definition) is 1. The minimum Gasteiger partial charge on any atom is -0.382 e. The van der Waals surface area contributed by atoms with E-state index in [0.29, 0.717) is 5.69 Å². The lowest BCUT2D eigenvalue weighted by Crippen LogP contribution is -2.28. The minimum absolute atomic E-state index is 0.200. The largest absolute Gasteiger partial charge is 0.382 e. The van der Waals surface area contributed by atoms with E-state index in [9.17, 15) is 9.50 Å². The maximum atomic E-state index is 12.3. The number of halogens is 1. The highest BCUT2D eigenvalue weighted by atomic mass is 19.1. The molecule has 0 saturated heterocycles. The Balaban J connectivity index is 2.21. The number of aromatic nitrogens is 5. The molecule has 2 aromatic rings. The molecule has 0 amide bonds. The van der Waals surface area contributed by atoms with Gasteiger partial charge in [-0.1, -0.05) is 0 Å². The van der Waals surface area contributed by atoms with Gasteiger partial charge in [0.05, 0.1) is 18.8 Å². The first-order valence-corrected chi connectivity index (χ1v) is 5.68. The Morgan fingerprint density at radius 3 is 2.89 bits per heavy atom. The molecule has 0 unspecified atom stereocenters. The number of hydrogen-bond acceptors (Lipinski definition) is 4. The lowest BCUT2D eigenvalue weighted by atomic mass is 10.0. The Labute approximate surface area is 104 Å². The molecule has 2 aromatic heterocycles. The van der Waals surface area contributed by atoms with Gasteiger partial charge < -0.3 is 5.11 Å². The average molecular weight is 253 g/mol. The topological polar surface area (TPSA) is 68.8 Å². The smallest absolute Gasteiger partial charge is 0.137 e. The van der Waals surface area contributed by atoms with Crippen LogP contribution in [0.3, 0.4) is 0 Å². The van der Waals surface area contributed by atoms with Crippen LogP contribution in [0.1, 0.15) is 18.3 Å². The van der Waals surface area contributed by atoms with Gasteiger partial charge in [-0.3, -0.25) is 4.68 Å². The van der Waals surface area contributed by atoms with Crippen LogP contribution in [0, 0.1) is 6.92 Å². The molecule has 0 aliphatic heterocycles. The van der Waals surface area contributed by atoms with Crippen LogP contribution in [-0.4, -0.2) is 36.3 Å². The molecule has 0 bridgehead atoms. The van der Waals surface area contributed by atoms with Crippen molar-refractivity contribution in [2.24, 2.45) is 0 Å². The third-order valence-corrected chi connectivity index (χ3v) is 2.77. The van der Waals surface area contributed by atoms with Gasteiger partial charge in [0.1, 0.15) is 24.9 Å². The van der Waals surface area contributed by atoms with Crippen LogP contribution in [-0.2, 0) is 18.7 Å². The van der Waals surface area contributed by atoms with Crippen molar-refractivity contribution >= 4 is 0 Å². The zero-order chi connectivity index (χ0) is 13.2. The van der Waals surface area contributed by atoms with Gasteiger partial charge in [-0.05, 0) is 19.9 Å². The molecule has 0 spiro atoms. The highest BCUT2D eigenvalue weighted by molar-refractivity contribution is 5.15. The summed E-state index contributed by atoms with van der Waals surface area (Å²) in [4.78, 5) is 3.82. The van der Waals surface area contributed by atoms with Gasteiger partial charge in [0, 0.05) is 5.69 Å². The molecule has 0 aromatic carbocycles. The number of alkyl halides is 1. The van der Waals surface area contributed by atoms with Crippen molar-refractivity contribution in [3.05, 3.63) is 30.1 Å². The lowest BCUT2D eigenvalue weighted by molar-refractivity contribution is 0.0295. The van der Waals surface area contributed by atoms with Crippen LogP contribution in [0.4, 0.5) is 4.39 Å². The molecule has 0 radical (unpaired) electrons. The second kappa shape index (κ2) is 4.85. The molecular formula is C11H16FN5O. The van der Waals surface area contributed by atoms with E-state index in [0.717, 1.165) is 5.69 Å². The lowest BCUT2D eigenvalue weighted by Gasteiger charge is -2.20. The van der Waals surface area contributed by atoms with Crippen molar-refractivity contribution in [1.29, 1.82) is 0 Å². The first-order valence-electron chi connectivity index (χ1n) is 5.68. The van der Waals surface area contributed by atoms with Gasteiger partial charge >= 0.3 is 0 Å². The maximum absolute atomic E-state index is 12.3. The Kier molecular flexibility index (Phi) is 3.42. The van der Waals surface area contributed by atoms with E-state index in [1.165, 1.54) is 17.3 Å². The molecule has 2 rings (SSSR count).